The van der Waals surface area contributed by atoms with Crippen molar-refractivity contribution in [2.24, 2.45) is 5.92 Å². The molecule has 2 aromatic carbocycles. The molecule has 1 fully saturated rings. The molecule has 0 saturated heterocycles. The van der Waals surface area contributed by atoms with Crippen LogP contribution in [0.3, 0.4) is 0 Å². The molecular formula is C37H50N6O6. The number of para-hydroxylation sites is 1. The van der Waals surface area contributed by atoms with Gasteiger partial charge < -0.3 is 36.1 Å². The van der Waals surface area contributed by atoms with Crippen molar-refractivity contribution >= 4 is 29.5 Å². The summed E-state index contributed by atoms with van der Waals surface area (Å²) >= 11 is 0. The second kappa shape index (κ2) is 18.2. The highest BCUT2D eigenvalue weighted by molar-refractivity contribution is 5.92. The number of H-pyrrole nitrogens is 1. The lowest BCUT2D eigenvalue weighted by atomic mass is 9.83. The summed E-state index contributed by atoms with van der Waals surface area (Å²) in [4.78, 5) is 60.6. The van der Waals surface area contributed by atoms with Crippen molar-refractivity contribution in [3.63, 3.8) is 0 Å². The van der Waals surface area contributed by atoms with E-state index in [1.807, 2.05) is 36.4 Å². The standard InChI is InChI=1S/C37H50N6O6/c1-37(2,3)49-36(48)43-30(20-26-15-9-5-10-16-26)34(46)42-31(21-28-23-38-24-39-28)35(47)41-29(19-25-13-7-4-8-14-25)32(44)22-33(45)40-27-17-11-6-12-18-27/h5-6,9-12,15-18,23-25,29-32,44H,4,7-8,13-14,19-22H2,1-3H3,(H,38,39)(H,40,45)(H,41,47)(H,42,46)(H,43,48)/t29?,30-,31-,32?/m0/s1. The summed E-state index contributed by atoms with van der Waals surface area (Å²) in [6, 6.07) is 15.3. The maximum Gasteiger partial charge on any atom is 0.408 e. The number of anilines is 1. The van der Waals surface area contributed by atoms with Crippen LogP contribution in [-0.4, -0.2) is 68.7 Å². The normalized spacial score (nSPS) is 16.0. The minimum absolute atomic E-state index is 0.0722. The second-order valence-corrected chi connectivity index (χ2v) is 13.8. The molecule has 4 atom stereocenters. The summed E-state index contributed by atoms with van der Waals surface area (Å²) in [5, 5.41) is 22.6. The van der Waals surface area contributed by atoms with Gasteiger partial charge in [0.2, 0.25) is 17.7 Å². The van der Waals surface area contributed by atoms with E-state index < -0.39 is 47.7 Å². The molecule has 2 unspecified atom stereocenters. The molecule has 3 aromatic rings. The third-order valence-corrected chi connectivity index (χ3v) is 8.46. The predicted molar refractivity (Wildman–Crippen MR) is 186 cm³/mol. The fourth-order valence-electron chi connectivity index (χ4n) is 6.05. The maximum absolute atomic E-state index is 14.0. The van der Waals surface area contributed by atoms with Gasteiger partial charge in [0.1, 0.15) is 17.7 Å². The second-order valence-electron chi connectivity index (χ2n) is 13.8. The first kappa shape index (κ1) is 37.1. The molecular weight excluding hydrogens is 624 g/mol. The van der Waals surface area contributed by atoms with Gasteiger partial charge in [0, 0.05) is 30.4 Å². The lowest BCUT2D eigenvalue weighted by Crippen LogP contribution is -2.57. The van der Waals surface area contributed by atoms with Gasteiger partial charge in [0.05, 0.1) is 24.9 Å². The summed E-state index contributed by atoms with van der Waals surface area (Å²) in [6.07, 6.45) is 6.86. The van der Waals surface area contributed by atoms with Crippen LogP contribution in [0.5, 0.6) is 0 Å². The van der Waals surface area contributed by atoms with Gasteiger partial charge in [0.25, 0.3) is 0 Å². The minimum Gasteiger partial charge on any atom is -0.444 e. The maximum atomic E-state index is 14.0. The lowest BCUT2D eigenvalue weighted by molar-refractivity contribution is -0.131. The Hall–Kier alpha value is -4.71. The first-order valence-corrected chi connectivity index (χ1v) is 17.1. The van der Waals surface area contributed by atoms with Crippen molar-refractivity contribution < 1.29 is 29.0 Å². The number of carbonyl (C=O) groups excluding carboxylic acids is 4. The van der Waals surface area contributed by atoms with E-state index in [2.05, 4.69) is 31.2 Å². The van der Waals surface area contributed by atoms with Gasteiger partial charge in [-0.25, -0.2) is 9.78 Å². The Morgan fingerprint density at radius 3 is 2.14 bits per heavy atom. The number of aromatic amines is 1. The zero-order valence-electron chi connectivity index (χ0n) is 28.6. The van der Waals surface area contributed by atoms with E-state index in [0.717, 1.165) is 37.7 Å². The zero-order chi connectivity index (χ0) is 35.2. The van der Waals surface area contributed by atoms with Crippen LogP contribution >= 0.6 is 0 Å². The number of carbonyl (C=O) groups is 4. The molecule has 12 heteroatoms. The molecule has 4 amide bonds. The number of aliphatic hydroxyl groups excluding tert-OH is 1. The van der Waals surface area contributed by atoms with Crippen LogP contribution in [0.1, 0.15) is 77.0 Å². The molecule has 0 radical (unpaired) electrons. The molecule has 1 aliphatic rings. The van der Waals surface area contributed by atoms with Crippen molar-refractivity contribution in [2.75, 3.05) is 5.32 Å². The fourth-order valence-corrected chi connectivity index (χ4v) is 6.05. The number of aliphatic hydroxyl groups is 1. The number of hydrogen-bond acceptors (Lipinski definition) is 7. The van der Waals surface area contributed by atoms with E-state index in [1.54, 1.807) is 51.2 Å². The van der Waals surface area contributed by atoms with Gasteiger partial charge in [-0.1, -0.05) is 80.6 Å². The van der Waals surface area contributed by atoms with Crippen LogP contribution in [0.25, 0.3) is 0 Å². The Bertz CT molecular complexity index is 1470. The van der Waals surface area contributed by atoms with Crippen LogP contribution in [0.15, 0.2) is 73.2 Å². The molecule has 0 bridgehead atoms. The number of ether oxygens (including phenoxy) is 1. The molecule has 6 N–H and O–H groups in total. The number of aromatic nitrogens is 2. The van der Waals surface area contributed by atoms with E-state index in [4.69, 9.17) is 4.74 Å². The van der Waals surface area contributed by atoms with Crippen molar-refractivity contribution in [2.45, 2.75) is 108 Å². The van der Waals surface area contributed by atoms with E-state index >= 15 is 0 Å². The van der Waals surface area contributed by atoms with Gasteiger partial charge in [-0.15, -0.1) is 0 Å². The number of nitrogens with zero attached hydrogens (tertiary/aromatic N) is 1. The Balaban J connectivity index is 1.52. The summed E-state index contributed by atoms with van der Waals surface area (Å²) in [6.45, 7) is 5.19. The van der Waals surface area contributed by atoms with E-state index in [0.29, 0.717) is 17.8 Å². The average molecular weight is 675 g/mol. The highest BCUT2D eigenvalue weighted by Gasteiger charge is 2.33. The molecule has 49 heavy (non-hydrogen) atoms. The lowest BCUT2D eigenvalue weighted by Gasteiger charge is -2.31. The van der Waals surface area contributed by atoms with Crippen LogP contribution in [0, 0.1) is 5.92 Å². The molecule has 0 spiro atoms. The largest absolute Gasteiger partial charge is 0.444 e. The number of hydrogen-bond donors (Lipinski definition) is 6. The topological polar surface area (TPSA) is 175 Å². The van der Waals surface area contributed by atoms with Crippen LogP contribution in [0.4, 0.5) is 10.5 Å². The number of nitrogens with one attached hydrogen (secondary N) is 5. The Kier molecular flexibility index (Phi) is 13.8. The third-order valence-electron chi connectivity index (χ3n) is 8.46. The number of alkyl carbamates (subject to hydrolysis) is 1. The average Bonchev–Trinajstić information content (AvgIpc) is 3.57. The smallest absolute Gasteiger partial charge is 0.408 e. The molecule has 4 rings (SSSR count). The number of rotatable bonds is 15. The number of amides is 4. The van der Waals surface area contributed by atoms with Gasteiger partial charge >= 0.3 is 6.09 Å². The van der Waals surface area contributed by atoms with E-state index in [-0.39, 0.29) is 31.1 Å². The first-order valence-electron chi connectivity index (χ1n) is 17.1. The summed E-state index contributed by atoms with van der Waals surface area (Å²) in [7, 11) is 0. The summed E-state index contributed by atoms with van der Waals surface area (Å²) in [5.41, 5.74) is 1.23. The zero-order valence-corrected chi connectivity index (χ0v) is 28.6. The van der Waals surface area contributed by atoms with Gasteiger partial charge in [0.15, 0.2) is 0 Å². The van der Waals surface area contributed by atoms with Crippen molar-refractivity contribution in [3.8, 4) is 0 Å². The first-order chi connectivity index (χ1) is 23.4. The van der Waals surface area contributed by atoms with E-state index in [9.17, 15) is 24.3 Å². The fraction of sp³-hybridized carbons (Fsp3) is 0.486. The third kappa shape index (κ3) is 13.0. The molecule has 1 saturated carbocycles. The Labute approximate surface area is 288 Å². The van der Waals surface area contributed by atoms with Crippen LogP contribution in [-0.2, 0) is 32.0 Å². The van der Waals surface area contributed by atoms with E-state index in [1.165, 1.54) is 6.33 Å². The minimum atomic E-state index is -1.17. The summed E-state index contributed by atoms with van der Waals surface area (Å²) in [5.74, 6) is -1.20. The molecule has 1 aliphatic carbocycles. The Morgan fingerprint density at radius 2 is 1.51 bits per heavy atom. The Morgan fingerprint density at radius 1 is 0.878 bits per heavy atom. The quantitative estimate of drug-likeness (QED) is 0.138. The monoisotopic (exact) mass is 674 g/mol. The molecule has 12 nitrogen and oxygen atoms in total. The van der Waals surface area contributed by atoms with Crippen molar-refractivity contribution in [1.29, 1.82) is 0 Å². The molecule has 264 valence electrons. The van der Waals surface area contributed by atoms with Crippen molar-refractivity contribution in [1.82, 2.24) is 25.9 Å². The van der Waals surface area contributed by atoms with Crippen molar-refractivity contribution in [3.05, 3.63) is 84.4 Å². The molecule has 1 heterocycles. The predicted octanol–water partition coefficient (Wildman–Crippen LogP) is 4.42. The van der Waals surface area contributed by atoms with Gasteiger partial charge in [-0.05, 0) is 50.8 Å². The van der Waals surface area contributed by atoms with Crippen LogP contribution < -0.4 is 21.3 Å². The van der Waals surface area contributed by atoms with Crippen LogP contribution in [0.2, 0.25) is 0 Å². The molecule has 1 aromatic heterocycles. The van der Waals surface area contributed by atoms with Gasteiger partial charge in [-0.2, -0.15) is 0 Å². The highest BCUT2D eigenvalue weighted by Crippen LogP contribution is 2.28. The van der Waals surface area contributed by atoms with Gasteiger partial charge in [-0.3, -0.25) is 14.4 Å². The number of imidazole rings is 1. The SMILES string of the molecule is CC(C)(C)OC(=O)N[C@@H](Cc1ccccc1)C(=O)N[C@@H](Cc1cnc[nH]1)C(=O)NC(CC1CCCCC1)C(O)CC(=O)Nc1ccccc1. The number of benzene rings is 2. The summed E-state index contributed by atoms with van der Waals surface area (Å²) < 4.78 is 5.43. The molecule has 0 aliphatic heterocycles. The highest BCUT2D eigenvalue weighted by atomic mass is 16.6.